The standard InChI is InChI=1S/C38H48N8O6S2/c1-26(2)22-45(54(51,52)30-13-11-28(12-14-30)20-41-50)24-33(47)31(19-27-9-7-6-8-10-27)43-35(48)34(38(3,4)5)46-18-17-44(37(46)49)23-29-25-53-36(42-29)32-21-39-15-16-40-32/h6-16,20-21,25-26,31,33-34,47,50H,17-19,22-24H2,1-5H3,(H,43,48)/b41-20+/t31-,33+,34?/m0/s1. The molecule has 2 aromatic heterocycles. The summed E-state index contributed by atoms with van der Waals surface area (Å²) in [5.74, 6) is -0.525. The highest BCUT2D eigenvalue weighted by Gasteiger charge is 2.44. The van der Waals surface area contributed by atoms with Crippen molar-refractivity contribution in [3.8, 4) is 10.7 Å². The number of nitrogens with one attached hydrogen (secondary N) is 1. The number of aliphatic hydroxyl groups excluding tert-OH is 1. The van der Waals surface area contributed by atoms with Crippen LogP contribution in [0.15, 0.2) is 88.6 Å². The number of nitrogens with zero attached hydrogens (tertiary/aromatic N) is 7. The number of sulfonamides is 1. The van der Waals surface area contributed by atoms with E-state index in [0.717, 1.165) is 5.56 Å². The van der Waals surface area contributed by atoms with Crippen LogP contribution in [0.1, 0.15) is 51.4 Å². The van der Waals surface area contributed by atoms with Crippen LogP contribution in [0.25, 0.3) is 10.7 Å². The zero-order valence-corrected chi connectivity index (χ0v) is 32.7. The third-order valence-corrected chi connectivity index (χ3v) is 11.7. The number of hydrogen-bond acceptors (Lipinski definition) is 11. The first kappa shape index (κ1) is 40.4. The molecule has 16 heteroatoms. The molecule has 0 saturated carbocycles. The number of oxime groups is 1. The Hall–Kier alpha value is -4.77. The number of hydrogen-bond donors (Lipinski definition) is 3. The van der Waals surface area contributed by atoms with Gasteiger partial charge in [-0.2, -0.15) is 4.31 Å². The van der Waals surface area contributed by atoms with Crippen molar-refractivity contribution in [1.82, 2.24) is 34.4 Å². The van der Waals surface area contributed by atoms with E-state index in [2.05, 4.69) is 25.4 Å². The summed E-state index contributed by atoms with van der Waals surface area (Å²) < 4.78 is 29.1. The second kappa shape index (κ2) is 17.6. The minimum atomic E-state index is -4.08. The molecule has 5 rings (SSSR count). The SMILES string of the molecule is CC(C)CN(C[C@@H](O)[C@H](Cc1ccccc1)NC(=O)C(N1CCN(Cc2csc(-c3cnccn3)n2)C1=O)C(C)(C)C)S(=O)(=O)c1ccc(/C=N/O)cc1. The Labute approximate surface area is 320 Å². The summed E-state index contributed by atoms with van der Waals surface area (Å²) in [6.45, 7) is 10.2. The number of carbonyl (C=O) groups excluding carboxylic acids is 2. The fourth-order valence-corrected chi connectivity index (χ4v) is 8.85. The molecule has 1 fully saturated rings. The third kappa shape index (κ3) is 10.0. The number of amides is 3. The highest BCUT2D eigenvalue weighted by Crippen LogP contribution is 2.30. The Kier molecular flexibility index (Phi) is 13.2. The topological polar surface area (TPSA) is 182 Å². The first-order chi connectivity index (χ1) is 25.7. The van der Waals surface area contributed by atoms with Gasteiger partial charge < -0.3 is 25.4 Å². The summed E-state index contributed by atoms with van der Waals surface area (Å²) in [5, 5.41) is 29.3. The van der Waals surface area contributed by atoms with Gasteiger partial charge in [-0.1, -0.05) is 82.2 Å². The third-order valence-electron chi connectivity index (χ3n) is 8.97. The van der Waals surface area contributed by atoms with E-state index in [-0.39, 0.29) is 42.9 Å². The average Bonchev–Trinajstić information content (AvgIpc) is 3.74. The number of aliphatic hydroxyl groups is 1. The highest BCUT2D eigenvalue weighted by atomic mass is 32.2. The lowest BCUT2D eigenvalue weighted by Crippen LogP contribution is -2.59. The van der Waals surface area contributed by atoms with Crippen LogP contribution in [0.2, 0.25) is 0 Å². The number of aromatic nitrogens is 3. The van der Waals surface area contributed by atoms with Gasteiger partial charge in [-0.3, -0.25) is 14.8 Å². The van der Waals surface area contributed by atoms with E-state index in [9.17, 15) is 23.1 Å². The van der Waals surface area contributed by atoms with Gasteiger partial charge in [0.25, 0.3) is 0 Å². The molecule has 54 heavy (non-hydrogen) atoms. The lowest BCUT2D eigenvalue weighted by Gasteiger charge is -2.38. The summed E-state index contributed by atoms with van der Waals surface area (Å²) in [5.41, 5.74) is 2.00. The van der Waals surface area contributed by atoms with Crippen molar-refractivity contribution >= 4 is 39.5 Å². The molecule has 0 aliphatic carbocycles. The van der Waals surface area contributed by atoms with Crippen LogP contribution < -0.4 is 5.32 Å². The fourth-order valence-electron chi connectivity index (χ4n) is 6.46. The first-order valence-electron chi connectivity index (χ1n) is 17.7. The Bertz CT molecular complexity index is 1990. The van der Waals surface area contributed by atoms with Gasteiger partial charge in [-0.15, -0.1) is 11.3 Å². The van der Waals surface area contributed by atoms with E-state index in [1.54, 1.807) is 28.4 Å². The smallest absolute Gasteiger partial charge is 0.321 e. The monoisotopic (exact) mass is 776 g/mol. The van der Waals surface area contributed by atoms with Gasteiger partial charge in [-0.25, -0.2) is 18.2 Å². The molecule has 3 amide bonds. The van der Waals surface area contributed by atoms with Crippen molar-refractivity contribution in [2.24, 2.45) is 16.5 Å². The van der Waals surface area contributed by atoms with Gasteiger partial charge in [0.1, 0.15) is 16.7 Å². The molecular weight excluding hydrogens is 729 g/mol. The number of thiazole rings is 1. The van der Waals surface area contributed by atoms with Crippen LogP contribution in [-0.4, -0.2) is 110 Å². The van der Waals surface area contributed by atoms with Crippen LogP contribution in [0.5, 0.6) is 0 Å². The van der Waals surface area contributed by atoms with Gasteiger partial charge in [0.05, 0.1) is 41.7 Å². The Morgan fingerprint density at radius 1 is 1.07 bits per heavy atom. The molecule has 288 valence electrons. The van der Waals surface area contributed by atoms with Gasteiger partial charge in [-0.05, 0) is 41.0 Å². The normalized spacial score (nSPS) is 15.7. The van der Waals surface area contributed by atoms with E-state index in [1.807, 2.05) is 70.3 Å². The quantitative estimate of drug-likeness (QED) is 0.0839. The molecule has 3 heterocycles. The van der Waals surface area contributed by atoms with Crippen molar-refractivity contribution in [2.75, 3.05) is 26.2 Å². The minimum Gasteiger partial charge on any atom is -0.411 e. The Morgan fingerprint density at radius 3 is 2.43 bits per heavy atom. The number of rotatable bonds is 16. The lowest BCUT2D eigenvalue weighted by atomic mass is 9.84. The predicted molar refractivity (Wildman–Crippen MR) is 206 cm³/mol. The number of benzene rings is 2. The van der Waals surface area contributed by atoms with E-state index < -0.39 is 39.5 Å². The van der Waals surface area contributed by atoms with Crippen LogP contribution in [0, 0.1) is 11.3 Å². The van der Waals surface area contributed by atoms with Gasteiger partial charge >= 0.3 is 6.03 Å². The fraction of sp³-hybridized carbons (Fsp3) is 0.421. The first-order valence-corrected chi connectivity index (χ1v) is 20.1. The van der Waals surface area contributed by atoms with E-state index in [4.69, 9.17) is 5.21 Å². The molecule has 0 radical (unpaired) electrons. The zero-order valence-electron chi connectivity index (χ0n) is 31.1. The number of carbonyl (C=O) groups is 2. The molecule has 1 unspecified atom stereocenters. The van der Waals surface area contributed by atoms with Gasteiger partial charge in [0, 0.05) is 44.0 Å². The summed E-state index contributed by atoms with van der Waals surface area (Å²) in [7, 11) is -4.08. The molecule has 1 aliphatic heterocycles. The van der Waals surface area contributed by atoms with E-state index in [1.165, 1.54) is 46.1 Å². The lowest BCUT2D eigenvalue weighted by molar-refractivity contribution is -0.130. The van der Waals surface area contributed by atoms with Crippen molar-refractivity contribution in [2.45, 2.75) is 70.7 Å². The zero-order chi connectivity index (χ0) is 39.0. The molecule has 3 N–H and O–H groups in total. The van der Waals surface area contributed by atoms with Gasteiger partial charge in [0.2, 0.25) is 15.9 Å². The summed E-state index contributed by atoms with van der Waals surface area (Å²) >= 11 is 1.42. The molecular formula is C38H48N8O6S2. The maximum Gasteiger partial charge on any atom is 0.321 e. The molecule has 0 bridgehead atoms. The molecule has 14 nitrogen and oxygen atoms in total. The van der Waals surface area contributed by atoms with Crippen LogP contribution >= 0.6 is 11.3 Å². The molecule has 3 atom stereocenters. The van der Waals surface area contributed by atoms with E-state index in [0.29, 0.717) is 35.0 Å². The summed E-state index contributed by atoms with van der Waals surface area (Å²) in [6.07, 6.45) is 4.92. The maximum absolute atomic E-state index is 14.4. The number of urea groups is 1. The summed E-state index contributed by atoms with van der Waals surface area (Å²) in [4.78, 5) is 44.6. The molecule has 2 aromatic carbocycles. The van der Waals surface area contributed by atoms with E-state index >= 15 is 0 Å². The average molecular weight is 777 g/mol. The van der Waals surface area contributed by atoms with Crippen molar-refractivity contribution in [3.63, 3.8) is 0 Å². The van der Waals surface area contributed by atoms with Crippen molar-refractivity contribution in [1.29, 1.82) is 0 Å². The van der Waals surface area contributed by atoms with Crippen LogP contribution in [0.3, 0.4) is 0 Å². The summed E-state index contributed by atoms with van der Waals surface area (Å²) in [6, 6.07) is 13.1. The predicted octanol–water partition coefficient (Wildman–Crippen LogP) is 4.50. The largest absolute Gasteiger partial charge is 0.411 e. The minimum absolute atomic E-state index is 0.0154. The molecule has 0 spiro atoms. The Morgan fingerprint density at radius 2 is 1.80 bits per heavy atom. The Balaban J connectivity index is 1.36. The molecule has 1 saturated heterocycles. The van der Waals surface area contributed by atoms with Gasteiger partial charge in [0.15, 0.2) is 0 Å². The van der Waals surface area contributed by atoms with Crippen molar-refractivity contribution < 1.29 is 28.3 Å². The maximum atomic E-state index is 14.4. The molecule has 4 aromatic rings. The second-order valence-corrected chi connectivity index (χ2v) is 17.6. The van der Waals surface area contributed by atoms with Crippen LogP contribution in [0.4, 0.5) is 4.79 Å². The van der Waals surface area contributed by atoms with Crippen molar-refractivity contribution in [3.05, 3.63) is 95.4 Å². The highest BCUT2D eigenvalue weighted by molar-refractivity contribution is 7.89. The second-order valence-electron chi connectivity index (χ2n) is 14.8. The van der Waals surface area contributed by atoms with Crippen LogP contribution in [-0.2, 0) is 27.8 Å². The molecule has 1 aliphatic rings.